The van der Waals surface area contributed by atoms with Crippen molar-refractivity contribution in [2.24, 2.45) is 11.1 Å². The first-order chi connectivity index (χ1) is 8.97. The van der Waals surface area contributed by atoms with Crippen LogP contribution in [0.3, 0.4) is 0 Å². The lowest BCUT2D eigenvalue weighted by atomic mass is 9.78. The molecule has 5 heteroatoms. The Morgan fingerprint density at radius 2 is 2.21 bits per heavy atom. The van der Waals surface area contributed by atoms with Gasteiger partial charge in [-0.3, -0.25) is 4.98 Å². The molecule has 0 aliphatic heterocycles. The first-order valence-electron chi connectivity index (χ1n) is 6.48. The molecule has 0 radical (unpaired) electrons. The van der Waals surface area contributed by atoms with Gasteiger partial charge in [-0.2, -0.15) is 0 Å². The Bertz CT molecular complexity index is 612. The Hall–Kier alpha value is -1.59. The molecule has 0 saturated heterocycles. The number of H-pyrrole nitrogens is 1. The van der Waals surface area contributed by atoms with Crippen molar-refractivity contribution in [1.82, 2.24) is 10.3 Å². The average Bonchev–Trinajstić information content (AvgIpc) is 2.68. The summed E-state index contributed by atoms with van der Waals surface area (Å²) in [5.74, 6) is -0.422. The number of nitrogens with one attached hydrogen (secondary N) is 2. The number of hydrogen-bond acceptors (Lipinski definition) is 4. The smallest absolute Gasteiger partial charge is 0.408 e. The van der Waals surface area contributed by atoms with Crippen molar-refractivity contribution in [1.29, 1.82) is 0 Å². The highest BCUT2D eigenvalue weighted by Crippen LogP contribution is 2.36. The van der Waals surface area contributed by atoms with Crippen LogP contribution in [-0.4, -0.2) is 18.6 Å². The maximum atomic E-state index is 11.2. The second kappa shape index (κ2) is 5.19. The molecule has 1 aromatic carbocycles. The van der Waals surface area contributed by atoms with Crippen molar-refractivity contribution in [2.45, 2.75) is 26.3 Å². The first-order valence-corrected chi connectivity index (χ1v) is 6.48. The molecule has 0 aliphatic rings. The molecule has 0 saturated carbocycles. The average molecular weight is 263 g/mol. The van der Waals surface area contributed by atoms with E-state index in [1.165, 1.54) is 0 Å². The third-order valence-corrected chi connectivity index (χ3v) is 3.64. The number of fused-ring (bicyclic) bond motifs is 1. The van der Waals surface area contributed by atoms with Gasteiger partial charge in [0.2, 0.25) is 0 Å². The monoisotopic (exact) mass is 263 g/mol. The van der Waals surface area contributed by atoms with Gasteiger partial charge in [0, 0.05) is 6.04 Å². The largest absolute Gasteiger partial charge is 0.417 e. The summed E-state index contributed by atoms with van der Waals surface area (Å²) in [6.07, 6.45) is 0.910. The van der Waals surface area contributed by atoms with Crippen LogP contribution in [0.4, 0.5) is 0 Å². The molecule has 0 fully saturated rings. The zero-order valence-electron chi connectivity index (χ0n) is 11.6. The van der Waals surface area contributed by atoms with E-state index in [2.05, 4.69) is 24.1 Å². The van der Waals surface area contributed by atoms with Gasteiger partial charge in [-0.05, 0) is 43.1 Å². The topological polar surface area (TPSA) is 84.0 Å². The van der Waals surface area contributed by atoms with Crippen LogP contribution in [-0.2, 0) is 0 Å². The van der Waals surface area contributed by atoms with Crippen molar-refractivity contribution < 1.29 is 4.42 Å². The predicted molar refractivity (Wildman–Crippen MR) is 76.1 cm³/mol. The van der Waals surface area contributed by atoms with Crippen LogP contribution in [0, 0.1) is 5.41 Å². The van der Waals surface area contributed by atoms with Crippen LogP contribution in [0.25, 0.3) is 11.1 Å². The summed E-state index contributed by atoms with van der Waals surface area (Å²) in [6.45, 7) is 5.00. The minimum Gasteiger partial charge on any atom is -0.408 e. The summed E-state index contributed by atoms with van der Waals surface area (Å²) in [4.78, 5) is 13.8. The quantitative estimate of drug-likeness (QED) is 0.767. The van der Waals surface area contributed by atoms with Crippen LogP contribution in [0.2, 0.25) is 0 Å². The Morgan fingerprint density at radius 1 is 1.47 bits per heavy atom. The minimum absolute atomic E-state index is 0.0216. The van der Waals surface area contributed by atoms with E-state index >= 15 is 0 Å². The number of nitrogens with two attached hydrogens (primary N) is 1. The van der Waals surface area contributed by atoms with Gasteiger partial charge in [0.25, 0.3) is 0 Å². The normalized spacial score (nSPS) is 13.9. The second-order valence-corrected chi connectivity index (χ2v) is 5.52. The fraction of sp³-hybridized carbons (Fsp3) is 0.500. The van der Waals surface area contributed by atoms with E-state index in [0.717, 1.165) is 17.5 Å². The summed E-state index contributed by atoms with van der Waals surface area (Å²) < 4.78 is 5.11. The van der Waals surface area contributed by atoms with Gasteiger partial charge >= 0.3 is 5.76 Å². The van der Waals surface area contributed by atoms with Crippen LogP contribution >= 0.6 is 0 Å². The van der Waals surface area contributed by atoms with E-state index < -0.39 is 5.76 Å². The summed E-state index contributed by atoms with van der Waals surface area (Å²) in [7, 11) is 1.93. The number of aromatic nitrogens is 1. The SMILES string of the molecule is CNC(c1ccc2[nH]c(=O)oc2c1)C(C)(C)CCN. The summed E-state index contributed by atoms with van der Waals surface area (Å²) >= 11 is 0. The van der Waals surface area contributed by atoms with Gasteiger partial charge in [0.05, 0.1) is 5.52 Å². The molecule has 19 heavy (non-hydrogen) atoms. The fourth-order valence-corrected chi connectivity index (χ4v) is 2.67. The number of aromatic amines is 1. The third kappa shape index (κ3) is 2.72. The lowest BCUT2D eigenvalue weighted by Crippen LogP contribution is -2.33. The molecule has 104 valence electrons. The van der Waals surface area contributed by atoms with E-state index in [1.54, 1.807) is 0 Å². The van der Waals surface area contributed by atoms with Crippen molar-refractivity contribution in [2.75, 3.05) is 13.6 Å². The van der Waals surface area contributed by atoms with Crippen LogP contribution in [0.1, 0.15) is 31.9 Å². The van der Waals surface area contributed by atoms with Gasteiger partial charge in [-0.25, -0.2) is 4.79 Å². The van der Waals surface area contributed by atoms with Gasteiger partial charge in [-0.15, -0.1) is 0 Å². The van der Waals surface area contributed by atoms with Crippen LogP contribution in [0.5, 0.6) is 0 Å². The van der Waals surface area contributed by atoms with Gasteiger partial charge < -0.3 is 15.5 Å². The summed E-state index contributed by atoms with van der Waals surface area (Å²) in [5.41, 5.74) is 8.11. The minimum atomic E-state index is -0.422. The molecule has 0 aliphatic carbocycles. The molecule has 1 aromatic heterocycles. The molecule has 1 heterocycles. The maximum Gasteiger partial charge on any atom is 0.417 e. The highest BCUT2D eigenvalue weighted by Gasteiger charge is 2.29. The number of oxazole rings is 1. The Kier molecular flexibility index (Phi) is 3.78. The molecule has 1 unspecified atom stereocenters. The standard InChI is InChI=1S/C14H21N3O2/c1-14(2,6-7-15)12(16-3)9-4-5-10-11(8-9)19-13(18)17-10/h4-5,8,12,16H,6-7,15H2,1-3H3,(H,17,18). The predicted octanol–water partition coefficient (Wildman–Crippen LogP) is 1.76. The van der Waals surface area contributed by atoms with Crippen molar-refractivity contribution in [3.8, 4) is 0 Å². The van der Waals surface area contributed by atoms with Gasteiger partial charge in [0.15, 0.2) is 5.58 Å². The van der Waals surface area contributed by atoms with E-state index in [-0.39, 0.29) is 11.5 Å². The molecule has 0 spiro atoms. The zero-order chi connectivity index (χ0) is 14.0. The van der Waals surface area contributed by atoms with E-state index in [4.69, 9.17) is 10.2 Å². The molecular weight excluding hydrogens is 242 g/mol. The van der Waals surface area contributed by atoms with Crippen LogP contribution < -0.4 is 16.8 Å². The molecule has 2 aromatic rings. The number of benzene rings is 1. The molecule has 4 N–H and O–H groups in total. The Morgan fingerprint density at radius 3 is 2.84 bits per heavy atom. The third-order valence-electron chi connectivity index (χ3n) is 3.64. The maximum absolute atomic E-state index is 11.2. The summed E-state index contributed by atoms with van der Waals surface area (Å²) in [5, 5.41) is 3.33. The molecule has 2 rings (SSSR count). The Labute approximate surface area is 112 Å². The van der Waals surface area contributed by atoms with E-state index in [1.807, 2.05) is 25.2 Å². The molecular formula is C14H21N3O2. The molecule has 0 amide bonds. The van der Waals surface area contributed by atoms with Gasteiger partial charge in [0.1, 0.15) is 0 Å². The van der Waals surface area contributed by atoms with E-state index in [9.17, 15) is 4.79 Å². The lowest BCUT2D eigenvalue weighted by molar-refractivity contribution is 0.239. The first kappa shape index (κ1) is 13.8. The highest BCUT2D eigenvalue weighted by atomic mass is 16.4. The van der Waals surface area contributed by atoms with E-state index in [0.29, 0.717) is 12.1 Å². The summed E-state index contributed by atoms with van der Waals surface area (Å²) in [6, 6.07) is 5.94. The zero-order valence-corrected chi connectivity index (χ0v) is 11.6. The fourth-order valence-electron chi connectivity index (χ4n) is 2.67. The molecule has 0 bridgehead atoms. The number of rotatable bonds is 5. The molecule has 5 nitrogen and oxygen atoms in total. The molecule has 1 atom stereocenters. The van der Waals surface area contributed by atoms with Gasteiger partial charge in [-0.1, -0.05) is 19.9 Å². The van der Waals surface area contributed by atoms with Crippen molar-refractivity contribution >= 4 is 11.1 Å². The lowest BCUT2D eigenvalue weighted by Gasteiger charge is -2.34. The highest BCUT2D eigenvalue weighted by molar-refractivity contribution is 5.72. The Balaban J connectivity index is 2.42. The van der Waals surface area contributed by atoms with Crippen LogP contribution in [0.15, 0.2) is 27.4 Å². The van der Waals surface area contributed by atoms with Crippen molar-refractivity contribution in [3.63, 3.8) is 0 Å². The van der Waals surface area contributed by atoms with Crippen molar-refractivity contribution in [3.05, 3.63) is 34.3 Å². The second-order valence-electron chi connectivity index (χ2n) is 5.52. The number of hydrogen-bond donors (Lipinski definition) is 3.